The van der Waals surface area contributed by atoms with Crippen LogP contribution in [-0.4, -0.2) is 12.1 Å². The molecule has 0 spiro atoms. The van der Waals surface area contributed by atoms with Crippen LogP contribution in [0.4, 0.5) is 0 Å². The zero-order chi connectivity index (χ0) is 17.1. The lowest BCUT2D eigenvalue weighted by atomic mass is 9.45. The predicted molar refractivity (Wildman–Crippen MR) is 96.4 cm³/mol. The molecular weight excluding hydrogens is 296 g/mol. The molecule has 0 radical (unpaired) electrons. The summed E-state index contributed by atoms with van der Waals surface area (Å²) in [6.45, 7) is 9.28. The number of fused-ring (bicyclic) bond motifs is 5. The van der Waals surface area contributed by atoms with E-state index in [1.165, 1.54) is 44.9 Å². The first kappa shape index (κ1) is 16.9. The van der Waals surface area contributed by atoms with Gasteiger partial charge in [0.05, 0.1) is 0 Å². The highest BCUT2D eigenvalue weighted by atomic mass is 16.5. The van der Waals surface area contributed by atoms with Gasteiger partial charge in [0.15, 0.2) is 0 Å². The van der Waals surface area contributed by atoms with Crippen LogP contribution in [-0.2, 0) is 9.53 Å². The van der Waals surface area contributed by atoms with Crippen molar-refractivity contribution in [3.63, 3.8) is 0 Å². The lowest BCUT2D eigenvalue weighted by Gasteiger charge is -2.61. The number of hydrogen-bond acceptors (Lipinski definition) is 2. The van der Waals surface area contributed by atoms with Crippen molar-refractivity contribution in [3.05, 3.63) is 0 Å². The molecular formula is C22H36O2. The van der Waals surface area contributed by atoms with Gasteiger partial charge in [0.25, 0.3) is 0 Å². The molecule has 8 atom stereocenters. The average Bonchev–Trinajstić information content (AvgIpc) is 2.83. The summed E-state index contributed by atoms with van der Waals surface area (Å²) in [5, 5.41) is 0. The summed E-state index contributed by atoms with van der Waals surface area (Å²) in [6.07, 6.45) is 12.3. The molecule has 0 unspecified atom stereocenters. The van der Waals surface area contributed by atoms with Gasteiger partial charge in [-0.3, -0.25) is 4.79 Å². The quantitative estimate of drug-likeness (QED) is 0.584. The van der Waals surface area contributed by atoms with Crippen molar-refractivity contribution in [2.75, 3.05) is 0 Å². The van der Waals surface area contributed by atoms with E-state index in [9.17, 15) is 4.79 Å². The summed E-state index contributed by atoms with van der Waals surface area (Å²) in [5.41, 5.74) is 1.13. The fourth-order valence-electron chi connectivity index (χ4n) is 7.82. The first-order valence-corrected chi connectivity index (χ1v) is 10.5. The first-order valence-electron chi connectivity index (χ1n) is 10.5. The van der Waals surface area contributed by atoms with Crippen LogP contribution in [0, 0.1) is 40.4 Å². The minimum atomic E-state index is -0.0920. The van der Waals surface area contributed by atoms with Crippen LogP contribution < -0.4 is 0 Å². The molecule has 0 heterocycles. The number of ether oxygens (including phenoxy) is 1. The van der Waals surface area contributed by atoms with E-state index in [2.05, 4.69) is 20.8 Å². The molecule has 136 valence electrons. The maximum atomic E-state index is 11.3. The lowest BCUT2D eigenvalue weighted by molar-refractivity contribution is -0.159. The monoisotopic (exact) mass is 332 g/mol. The Morgan fingerprint density at radius 1 is 0.917 bits per heavy atom. The minimum Gasteiger partial charge on any atom is -0.463 e. The van der Waals surface area contributed by atoms with Crippen LogP contribution in [0.15, 0.2) is 0 Å². The van der Waals surface area contributed by atoms with Crippen molar-refractivity contribution in [3.8, 4) is 0 Å². The molecule has 4 rings (SSSR count). The number of hydrogen-bond donors (Lipinski definition) is 0. The Bertz CT molecular complexity index is 514. The molecule has 0 bridgehead atoms. The minimum absolute atomic E-state index is 0.0920. The molecule has 2 heteroatoms. The van der Waals surface area contributed by atoms with Gasteiger partial charge in [-0.2, -0.15) is 0 Å². The van der Waals surface area contributed by atoms with Crippen LogP contribution in [0.25, 0.3) is 0 Å². The summed E-state index contributed by atoms with van der Waals surface area (Å²) in [4.78, 5) is 11.3. The van der Waals surface area contributed by atoms with Gasteiger partial charge in [-0.25, -0.2) is 0 Å². The molecule has 0 amide bonds. The first-order chi connectivity index (χ1) is 11.3. The van der Waals surface area contributed by atoms with Gasteiger partial charge in [0, 0.05) is 6.92 Å². The van der Waals surface area contributed by atoms with Gasteiger partial charge in [0.2, 0.25) is 0 Å². The van der Waals surface area contributed by atoms with Crippen LogP contribution in [0.1, 0.15) is 85.5 Å². The van der Waals surface area contributed by atoms with E-state index in [1.54, 1.807) is 6.92 Å². The smallest absolute Gasteiger partial charge is 0.302 e. The maximum Gasteiger partial charge on any atom is 0.302 e. The number of esters is 1. The molecule has 0 aromatic carbocycles. The Hall–Kier alpha value is -0.530. The van der Waals surface area contributed by atoms with Crippen LogP contribution in [0.2, 0.25) is 0 Å². The van der Waals surface area contributed by atoms with E-state index in [4.69, 9.17) is 4.74 Å². The molecule has 0 saturated heterocycles. The van der Waals surface area contributed by atoms with E-state index < -0.39 is 0 Å². The van der Waals surface area contributed by atoms with Crippen LogP contribution in [0.5, 0.6) is 0 Å². The summed E-state index contributed by atoms with van der Waals surface area (Å²) < 4.78 is 5.58. The maximum absolute atomic E-state index is 11.3. The number of rotatable bonds is 1. The standard InChI is InChI=1S/C22H36O2/c1-14-5-8-19-18-7-6-16-13-17(24-15(2)23)9-11-22(16,4)20(18)10-12-21(14,19)3/h14,16-20H,5-13H2,1-4H3/t14-,16-,17-,18-,19-,20-,21+,22-/m0/s1. The highest BCUT2D eigenvalue weighted by Crippen LogP contribution is 2.67. The van der Waals surface area contributed by atoms with Gasteiger partial charge >= 0.3 is 5.97 Å². The van der Waals surface area contributed by atoms with E-state index in [-0.39, 0.29) is 12.1 Å². The topological polar surface area (TPSA) is 26.3 Å². The van der Waals surface area contributed by atoms with Gasteiger partial charge in [-0.05, 0) is 98.2 Å². The van der Waals surface area contributed by atoms with E-state index in [0.29, 0.717) is 10.8 Å². The number of carbonyl (C=O) groups is 1. The van der Waals surface area contributed by atoms with E-state index in [0.717, 1.165) is 42.4 Å². The van der Waals surface area contributed by atoms with Gasteiger partial charge in [0.1, 0.15) is 6.10 Å². The van der Waals surface area contributed by atoms with E-state index in [1.807, 2.05) is 0 Å². The Morgan fingerprint density at radius 2 is 1.62 bits per heavy atom. The van der Waals surface area contributed by atoms with Crippen molar-refractivity contribution in [2.45, 2.75) is 91.6 Å². The summed E-state index contributed by atoms with van der Waals surface area (Å²) in [5.74, 6) is 4.49. The largest absolute Gasteiger partial charge is 0.463 e. The molecule has 24 heavy (non-hydrogen) atoms. The third-order valence-electron chi connectivity index (χ3n) is 9.42. The number of carbonyl (C=O) groups excluding carboxylic acids is 1. The fourth-order valence-corrected chi connectivity index (χ4v) is 7.82. The zero-order valence-corrected chi connectivity index (χ0v) is 16.1. The fraction of sp³-hybridized carbons (Fsp3) is 0.955. The molecule has 4 saturated carbocycles. The van der Waals surface area contributed by atoms with Gasteiger partial charge in [-0.1, -0.05) is 20.8 Å². The van der Waals surface area contributed by atoms with Crippen LogP contribution >= 0.6 is 0 Å². The molecule has 0 aromatic rings. The van der Waals surface area contributed by atoms with Crippen molar-refractivity contribution in [1.29, 1.82) is 0 Å². The third-order valence-corrected chi connectivity index (χ3v) is 9.42. The summed E-state index contributed by atoms with van der Waals surface area (Å²) in [6, 6.07) is 0. The summed E-state index contributed by atoms with van der Waals surface area (Å²) in [7, 11) is 0. The Morgan fingerprint density at radius 3 is 2.38 bits per heavy atom. The second-order valence-corrected chi connectivity index (χ2v) is 10.2. The van der Waals surface area contributed by atoms with E-state index >= 15 is 0 Å². The Labute approximate surface area is 148 Å². The second kappa shape index (κ2) is 5.74. The van der Waals surface area contributed by atoms with Crippen molar-refractivity contribution in [1.82, 2.24) is 0 Å². The Balaban J connectivity index is 1.53. The SMILES string of the molecule is CC(=O)O[C@H]1CC[C@@]2(C)[C@@H](CC[C@@H]3[C@@H]2CC[C@]2(C)[C@@H](C)CC[C@@H]32)C1. The Kier molecular flexibility index (Phi) is 4.05. The van der Waals surface area contributed by atoms with Crippen LogP contribution in [0.3, 0.4) is 0 Å². The molecule has 0 N–H and O–H groups in total. The lowest BCUT2D eigenvalue weighted by Crippen LogP contribution is -2.54. The molecule has 4 fully saturated rings. The molecule has 4 aliphatic rings. The van der Waals surface area contributed by atoms with Gasteiger partial charge < -0.3 is 4.74 Å². The molecule has 4 aliphatic carbocycles. The van der Waals surface area contributed by atoms with Gasteiger partial charge in [-0.15, -0.1) is 0 Å². The zero-order valence-electron chi connectivity index (χ0n) is 16.1. The predicted octanol–water partition coefficient (Wildman–Crippen LogP) is 5.60. The van der Waals surface area contributed by atoms with Crippen molar-refractivity contribution < 1.29 is 9.53 Å². The highest BCUT2D eigenvalue weighted by Gasteiger charge is 2.59. The normalized spacial score (nSPS) is 53.7. The summed E-state index contributed by atoms with van der Waals surface area (Å²) >= 11 is 0. The van der Waals surface area contributed by atoms with Crippen molar-refractivity contribution >= 4 is 5.97 Å². The molecule has 0 aliphatic heterocycles. The molecule has 2 nitrogen and oxygen atoms in total. The third kappa shape index (κ3) is 2.38. The molecule has 0 aromatic heterocycles. The highest BCUT2D eigenvalue weighted by molar-refractivity contribution is 5.66. The van der Waals surface area contributed by atoms with Crippen molar-refractivity contribution in [2.24, 2.45) is 40.4 Å². The average molecular weight is 333 g/mol. The second-order valence-electron chi connectivity index (χ2n) is 10.2.